The summed E-state index contributed by atoms with van der Waals surface area (Å²) < 4.78 is 5.13. The standard InChI is InChI=1S/C18H24N2O2S/c1-13(9-10-16-7-5-4-6-8-16)19-18(21)12-23-11-17-14(2)20-22-15(17)3/h4-8,13H,9-12H2,1-3H3,(H,19,21). The molecule has 0 aliphatic carbocycles. The SMILES string of the molecule is Cc1noc(C)c1CSCC(=O)NC(C)CCc1ccccc1. The van der Waals surface area contributed by atoms with E-state index in [1.807, 2.05) is 32.0 Å². The molecule has 1 heterocycles. The Morgan fingerprint density at radius 1 is 1.30 bits per heavy atom. The Bertz CT molecular complexity index is 606. The molecule has 0 saturated carbocycles. The summed E-state index contributed by atoms with van der Waals surface area (Å²) in [6.07, 6.45) is 1.93. The third kappa shape index (κ3) is 5.75. The van der Waals surface area contributed by atoms with Crippen LogP contribution in [0.25, 0.3) is 0 Å². The van der Waals surface area contributed by atoms with Crippen LogP contribution in [0.15, 0.2) is 34.9 Å². The van der Waals surface area contributed by atoms with Crippen LogP contribution in [0.3, 0.4) is 0 Å². The molecular formula is C18H24N2O2S. The van der Waals surface area contributed by atoms with Gasteiger partial charge in [0.15, 0.2) is 0 Å². The maximum Gasteiger partial charge on any atom is 0.230 e. The fourth-order valence-corrected chi connectivity index (χ4v) is 3.36. The number of nitrogens with one attached hydrogen (secondary N) is 1. The van der Waals surface area contributed by atoms with E-state index in [4.69, 9.17) is 4.52 Å². The van der Waals surface area contributed by atoms with Crippen molar-refractivity contribution in [3.8, 4) is 0 Å². The largest absolute Gasteiger partial charge is 0.361 e. The van der Waals surface area contributed by atoms with E-state index in [2.05, 4.69) is 29.5 Å². The highest BCUT2D eigenvalue weighted by Crippen LogP contribution is 2.19. The lowest BCUT2D eigenvalue weighted by molar-refractivity contribution is -0.119. The van der Waals surface area contributed by atoms with Gasteiger partial charge in [-0.05, 0) is 39.2 Å². The lowest BCUT2D eigenvalue weighted by atomic mass is 10.1. The van der Waals surface area contributed by atoms with E-state index in [1.54, 1.807) is 11.8 Å². The zero-order chi connectivity index (χ0) is 16.7. The maximum absolute atomic E-state index is 12.0. The second-order valence-corrected chi connectivity index (χ2v) is 6.77. The van der Waals surface area contributed by atoms with Gasteiger partial charge in [0.2, 0.25) is 5.91 Å². The molecule has 0 fully saturated rings. The predicted molar refractivity (Wildman–Crippen MR) is 94.5 cm³/mol. The third-order valence-corrected chi connectivity index (χ3v) is 4.74. The van der Waals surface area contributed by atoms with E-state index in [9.17, 15) is 4.79 Å². The lowest BCUT2D eigenvalue weighted by Gasteiger charge is -2.13. The number of rotatable bonds is 8. The average Bonchev–Trinajstić information content (AvgIpc) is 2.86. The van der Waals surface area contributed by atoms with Crippen LogP contribution in [0.5, 0.6) is 0 Å². The van der Waals surface area contributed by atoms with Crippen molar-refractivity contribution in [2.24, 2.45) is 0 Å². The molecular weight excluding hydrogens is 308 g/mol. The number of carbonyl (C=O) groups excluding carboxylic acids is 1. The summed E-state index contributed by atoms with van der Waals surface area (Å²) in [6, 6.07) is 10.5. The molecule has 0 bridgehead atoms. The second kappa shape index (κ2) is 8.77. The van der Waals surface area contributed by atoms with Crippen molar-refractivity contribution >= 4 is 17.7 Å². The minimum atomic E-state index is 0.0855. The fourth-order valence-electron chi connectivity index (χ4n) is 2.37. The summed E-state index contributed by atoms with van der Waals surface area (Å²) in [5.41, 5.74) is 3.31. The summed E-state index contributed by atoms with van der Waals surface area (Å²) >= 11 is 1.59. The topological polar surface area (TPSA) is 55.1 Å². The summed E-state index contributed by atoms with van der Waals surface area (Å²) in [5, 5.41) is 6.99. The number of carbonyl (C=O) groups is 1. The van der Waals surface area contributed by atoms with E-state index in [-0.39, 0.29) is 11.9 Å². The van der Waals surface area contributed by atoms with Gasteiger partial charge in [0.25, 0.3) is 0 Å². The first-order valence-electron chi connectivity index (χ1n) is 7.89. The van der Waals surface area contributed by atoms with Gasteiger partial charge in [-0.15, -0.1) is 11.8 Å². The first kappa shape index (κ1) is 17.6. The first-order chi connectivity index (χ1) is 11.1. The van der Waals surface area contributed by atoms with Crippen molar-refractivity contribution in [3.05, 3.63) is 52.9 Å². The van der Waals surface area contributed by atoms with Crippen molar-refractivity contribution in [2.75, 3.05) is 5.75 Å². The summed E-state index contributed by atoms with van der Waals surface area (Å²) in [4.78, 5) is 12.0. The number of hydrogen-bond acceptors (Lipinski definition) is 4. The Kier molecular flexibility index (Phi) is 6.71. The molecule has 0 spiro atoms. The van der Waals surface area contributed by atoms with E-state index >= 15 is 0 Å². The van der Waals surface area contributed by atoms with Crippen molar-refractivity contribution in [1.29, 1.82) is 0 Å². The monoisotopic (exact) mass is 332 g/mol. The number of benzene rings is 1. The lowest BCUT2D eigenvalue weighted by Crippen LogP contribution is -2.34. The van der Waals surface area contributed by atoms with Gasteiger partial charge in [-0.2, -0.15) is 0 Å². The molecule has 1 atom stereocenters. The highest BCUT2D eigenvalue weighted by molar-refractivity contribution is 7.99. The third-order valence-electron chi connectivity index (χ3n) is 3.78. The number of aryl methyl sites for hydroxylation is 3. The van der Waals surface area contributed by atoms with E-state index in [0.29, 0.717) is 5.75 Å². The Hall–Kier alpha value is -1.75. The number of thioether (sulfide) groups is 1. The van der Waals surface area contributed by atoms with Crippen molar-refractivity contribution in [1.82, 2.24) is 10.5 Å². The van der Waals surface area contributed by atoms with Gasteiger partial charge >= 0.3 is 0 Å². The number of amides is 1. The molecule has 1 aromatic carbocycles. The Morgan fingerprint density at radius 2 is 2.04 bits per heavy atom. The molecule has 0 aliphatic rings. The van der Waals surface area contributed by atoms with Gasteiger partial charge in [-0.25, -0.2) is 0 Å². The van der Waals surface area contributed by atoms with Crippen LogP contribution in [-0.2, 0) is 17.0 Å². The highest BCUT2D eigenvalue weighted by Gasteiger charge is 2.11. The van der Waals surface area contributed by atoms with Crippen molar-refractivity contribution in [3.63, 3.8) is 0 Å². The molecule has 2 rings (SSSR count). The number of aromatic nitrogens is 1. The number of nitrogens with zero attached hydrogens (tertiary/aromatic N) is 1. The van der Waals surface area contributed by atoms with Gasteiger partial charge in [0, 0.05) is 17.4 Å². The molecule has 0 saturated heterocycles. The second-order valence-electron chi connectivity index (χ2n) is 5.79. The summed E-state index contributed by atoms with van der Waals surface area (Å²) in [5.74, 6) is 2.14. The summed E-state index contributed by atoms with van der Waals surface area (Å²) in [6.45, 7) is 5.89. The molecule has 0 aliphatic heterocycles. The molecule has 4 nitrogen and oxygen atoms in total. The maximum atomic E-state index is 12.0. The molecule has 1 unspecified atom stereocenters. The van der Waals surface area contributed by atoms with Crippen LogP contribution < -0.4 is 5.32 Å². The van der Waals surface area contributed by atoms with Crippen LogP contribution in [0.4, 0.5) is 0 Å². The predicted octanol–water partition coefficient (Wildman–Crippen LogP) is 3.66. The fraction of sp³-hybridized carbons (Fsp3) is 0.444. The van der Waals surface area contributed by atoms with Gasteiger partial charge in [-0.1, -0.05) is 35.5 Å². The first-order valence-corrected chi connectivity index (χ1v) is 9.04. The van der Waals surface area contributed by atoms with Gasteiger partial charge in [0.1, 0.15) is 5.76 Å². The highest BCUT2D eigenvalue weighted by atomic mass is 32.2. The zero-order valence-corrected chi connectivity index (χ0v) is 14.8. The minimum Gasteiger partial charge on any atom is -0.361 e. The zero-order valence-electron chi connectivity index (χ0n) is 14.0. The van der Waals surface area contributed by atoms with Crippen LogP contribution in [0.1, 0.15) is 35.9 Å². The van der Waals surface area contributed by atoms with E-state index < -0.39 is 0 Å². The average molecular weight is 332 g/mol. The van der Waals surface area contributed by atoms with Crippen molar-refractivity contribution < 1.29 is 9.32 Å². The summed E-state index contributed by atoms with van der Waals surface area (Å²) in [7, 11) is 0. The molecule has 1 N–H and O–H groups in total. The minimum absolute atomic E-state index is 0.0855. The molecule has 23 heavy (non-hydrogen) atoms. The van der Waals surface area contributed by atoms with Crippen LogP contribution in [-0.4, -0.2) is 22.9 Å². The van der Waals surface area contributed by atoms with Gasteiger partial charge in [-0.3, -0.25) is 4.79 Å². The molecule has 1 amide bonds. The normalized spacial score (nSPS) is 12.1. The van der Waals surface area contributed by atoms with E-state index in [1.165, 1.54) is 5.56 Å². The Morgan fingerprint density at radius 3 is 2.70 bits per heavy atom. The van der Waals surface area contributed by atoms with E-state index in [0.717, 1.165) is 35.6 Å². The van der Waals surface area contributed by atoms with Crippen LogP contribution in [0.2, 0.25) is 0 Å². The molecule has 2 aromatic rings. The van der Waals surface area contributed by atoms with Gasteiger partial charge < -0.3 is 9.84 Å². The molecule has 1 aromatic heterocycles. The smallest absolute Gasteiger partial charge is 0.230 e. The molecule has 5 heteroatoms. The molecule has 124 valence electrons. The van der Waals surface area contributed by atoms with Gasteiger partial charge in [0.05, 0.1) is 11.4 Å². The molecule has 0 radical (unpaired) electrons. The number of hydrogen-bond donors (Lipinski definition) is 1. The van der Waals surface area contributed by atoms with Crippen LogP contribution >= 0.6 is 11.8 Å². The Balaban J connectivity index is 1.66. The van der Waals surface area contributed by atoms with Crippen molar-refractivity contribution in [2.45, 2.75) is 45.4 Å². The quantitative estimate of drug-likeness (QED) is 0.801. The van der Waals surface area contributed by atoms with Crippen LogP contribution in [0, 0.1) is 13.8 Å². The Labute approximate surface area is 142 Å².